The molecule has 2 N–H and O–H groups in total. The van der Waals surface area contributed by atoms with Gasteiger partial charge in [0.25, 0.3) is 0 Å². The molecule has 0 aromatic rings. The predicted octanol–water partition coefficient (Wildman–Crippen LogP) is 3.96. The van der Waals surface area contributed by atoms with E-state index < -0.39 is 5.97 Å². The third kappa shape index (κ3) is 13.2. The fourth-order valence-corrected chi connectivity index (χ4v) is 1.91. The number of unbranched alkanes of at least 4 members (excludes halogenated alkanes) is 9. The highest BCUT2D eigenvalue weighted by Gasteiger charge is 1.99. The molecular weight excluding hydrogens is 240 g/mol. The Morgan fingerprint density at radius 2 is 1.42 bits per heavy atom. The Hall–Kier alpha value is -1.06. The lowest BCUT2D eigenvalue weighted by Gasteiger charge is -2.03. The van der Waals surface area contributed by atoms with Gasteiger partial charge in [0, 0.05) is 6.54 Å². The fraction of sp³-hybridized carbons (Fsp3) is 0.867. The van der Waals surface area contributed by atoms with Gasteiger partial charge in [-0.3, -0.25) is 0 Å². The van der Waals surface area contributed by atoms with Crippen LogP contribution in [0.1, 0.15) is 78.1 Å². The van der Waals surface area contributed by atoms with E-state index in [2.05, 4.69) is 17.5 Å². The molecule has 0 aliphatic carbocycles. The molecule has 0 unspecified atom stereocenters. The normalized spacial score (nSPS) is 11.6. The molecule has 0 radical (unpaired) electrons. The van der Waals surface area contributed by atoms with Crippen molar-refractivity contribution in [2.75, 3.05) is 6.54 Å². The second-order valence-corrected chi connectivity index (χ2v) is 5.09. The predicted molar refractivity (Wildman–Crippen MR) is 80.6 cm³/mol. The third-order valence-electron chi connectivity index (χ3n) is 3.20. The summed E-state index contributed by atoms with van der Waals surface area (Å²) in [5.41, 5.74) is 2.92. The van der Waals surface area contributed by atoms with Crippen LogP contribution in [0.15, 0.2) is 5.10 Å². The van der Waals surface area contributed by atoms with Gasteiger partial charge in [0.15, 0.2) is 0 Å². The topological polar surface area (TPSA) is 61.7 Å². The minimum Gasteiger partial charge on any atom is -0.477 e. The molecule has 0 aliphatic rings. The van der Waals surface area contributed by atoms with E-state index in [1.807, 2.05) is 0 Å². The van der Waals surface area contributed by atoms with Crippen LogP contribution >= 0.6 is 0 Å². The van der Waals surface area contributed by atoms with Crippen LogP contribution in [-0.4, -0.2) is 23.3 Å². The molecule has 4 nitrogen and oxygen atoms in total. The Morgan fingerprint density at radius 3 is 1.89 bits per heavy atom. The minimum absolute atomic E-state index is 0.118. The number of aliphatic carboxylic acids is 1. The van der Waals surface area contributed by atoms with Crippen LogP contribution in [-0.2, 0) is 4.79 Å². The molecule has 0 aliphatic heterocycles. The molecule has 19 heavy (non-hydrogen) atoms. The number of carboxylic acids is 1. The van der Waals surface area contributed by atoms with Crippen molar-refractivity contribution in [3.8, 4) is 0 Å². The standard InChI is InChI=1S/C15H30N2O2/c1-3-4-5-6-7-8-9-10-11-12-13-16-17-14(2)15(18)19/h16H,3-13H2,1-2H3,(H,18,19)/b17-14+. The highest BCUT2D eigenvalue weighted by molar-refractivity contribution is 6.34. The highest BCUT2D eigenvalue weighted by Crippen LogP contribution is 2.10. The SMILES string of the molecule is CCCCCCCCCCCCN/N=C(\C)C(=O)O. The number of hydrogen-bond acceptors (Lipinski definition) is 3. The van der Waals surface area contributed by atoms with Gasteiger partial charge < -0.3 is 10.5 Å². The van der Waals surface area contributed by atoms with E-state index >= 15 is 0 Å². The van der Waals surface area contributed by atoms with Crippen LogP contribution in [0.3, 0.4) is 0 Å². The Balaban J connectivity index is 3.15. The molecule has 0 atom stereocenters. The lowest BCUT2D eigenvalue weighted by molar-refractivity contribution is -0.129. The van der Waals surface area contributed by atoms with Gasteiger partial charge in [-0.1, -0.05) is 64.7 Å². The van der Waals surface area contributed by atoms with Gasteiger partial charge in [0.1, 0.15) is 5.71 Å². The monoisotopic (exact) mass is 270 g/mol. The molecule has 0 rings (SSSR count). The first-order chi connectivity index (χ1) is 9.18. The molecular formula is C15H30N2O2. The smallest absolute Gasteiger partial charge is 0.351 e. The van der Waals surface area contributed by atoms with E-state index in [1.165, 1.54) is 64.7 Å². The summed E-state index contributed by atoms with van der Waals surface area (Å²) in [6.07, 6.45) is 13.1. The van der Waals surface area contributed by atoms with Gasteiger partial charge in [-0.15, -0.1) is 0 Å². The van der Waals surface area contributed by atoms with Crippen LogP contribution in [0.25, 0.3) is 0 Å². The zero-order chi connectivity index (χ0) is 14.3. The Bertz CT molecular complexity index is 253. The number of carbonyl (C=O) groups is 1. The molecule has 0 spiro atoms. The zero-order valence-corrected chi connectivity index (χ0v) is 12.6. The quantitative estimate of drug-likeness (QED) is 0.302. The van der Waals surface area contributed by atoms with E-state index in [4.69, 9.17) is 5.11 Å². The number of nitrogens with zero attached hydrogens (tertiary/aromatic N) is 1. The maximum atomic E-state index is 10.5. The van der Waals surface area contributed by atoms with Crippen LogP contribution in [0.4, 0.5) is 0 Å². The van der Waals surface area contributed by atoms with E-state index in [-0.39, 0.29) is 5.71 Å². The Morgan fingerprint density at radius 1 is 0.947 bits per heavy atom. The molecule has 0 aromatic heterocycles. The molecule has 0 saturated heterocycles. The maximum absolute atomic E-state index is 10.5. The first-order valence-electron chi connectivity index (χ1n) is 7.69. The fourth-order valence-electron chi connectivity index (χ4n) is 1.91. The van der Waals surface area contributed by atoms with Crippen molar-refractivity contribution in [2.24, 2.45) is 5.10 Å². The van der Waals surface area contributed by atoms with Crippen molar-refractivity contribution in [3.05, 3.63) is 0 Å². The molecule has 0 saturated carbocycles. The summed E-state index contributed by atoms with van der Waals surface area (Å²) < 4.78 is 0. The number of hydrogen-bond donors (Lipinski definition) is 2. The van der Waals surface area contributed by atoms with Crippen molar-refractivity contribution in [1.29, 1.82) is 0 Å². The number of carboxylic acid groups (broad SMARTS) is 1. The highest BCUT2D eigenvalue weighted by atomic mass is 16.4. The van der Waals surface area contributed by atoms with Crippen molar-refractivity contribution >= 4 is 11.7 Å². The maximum Gasteiger partial charge on any atom is 0.351 e. The van der Waals surface area contributed by atoms with Gasteiger partial charge in [-0.2, -0.15) is 5.10 Å². The summed E-state index contributed by atoms with van der Waals surface area (Å²) in [4.78, 5) is 10.5. The molecule has 0 fully saturated rings. The van der Waals surface area contributed by atoms with Crippen molar-refractivity contribution in [1.82, 2.24) is 5.43 Å². The summed E-state index contributed by atoms with van der Waals surface area (Å²) in [7, 11) is 0. The van der Waals surface area contributed by atoms with Crippen LogP contribution in [0.5, 0.6) is 0 Å². The number of rotatable bonds is 13. The second kappa shape index (κ2) is 13.4. The molecule has 112 valence electrons. The summed E-state index contributed by atoms with van der Waals surface area (Å²) in [6, 6.07) is 0. The van der Waals surface area contributed by atoms with Crippen molar-refractivity contribution < 1.29 is 9.90 Å². The van der Waals surface area contributed by atoms with E-state index in [1.54, 1.807) is 0 Å². The lowest BCUT2D eigenvalue weighted by atomic mass is 10.1. The second-order valence-electron chi connectivity index (χ2n) is 5.09. The van der Waals surface area contributed by atoms with Gasteiger partial charge in [-0.05, 0) is 13.3 Å². The first kappa shape index (κ1) is 17.9. The van der Waals surface area contributed by atoms with Crippen molar-refractivity contribution in [2.45, 2.75) is 78.1 Å². The first-order valence-corrected chi connectivity index (χ1v) is 7.69. The minimum atomic E-state index is -0.962. The van der Waals surface area contributed by atoms with E-state index in [0.29, 0.717) is 0 Å². The van der Waals surface area contributed by atoms with Crippen LogP contribution in [0, 0.1) is 0 Å². The van der Waals surface area contributed by atoms with Gasteiger partial charge in [0.2, 0.25) is 0 Å². The summed E-state index contributed by atoms with van der Waals surface area (Å²) >= 11 is 0. The van der Waals surface area contributed by atoms with E-state index in [0.717, 1.165) is 13.0 Å². The molecule has 0 aromatic carbocycles. The third-order valence-corrected chi connectivity index (χ3v) is 3.20. The zero-order valence-electron chi connectivity index (χ0n) is 12.6. The molecule has 0 heterocycles. The summed E-state index contributed by atoms with van der Waals surface area (Å²) in [5, 5.41) is 12.4. The summed E-state index contributed by atoms with van der Waals surface area (Å²) in [6.45, 7) is 4.50. The average Bonchev–Trinajstić information content (AvgIpc) is 2.39. The number of nitrogens with one attached hydrogen (secondary N) is 1. The molecule has 0 bridgehead atoms. The van der Waals surface area contributed by atoms with Crippen molar-refractivity contribution in [3.63, 3.8) is 0 Å². The number of hydrazone groups is 1. The molecule has 4 heteroatoms. The van der Waals surface area contributed by atoms with Gasteiger partial charge in [-0.25, -0.2) is 4.79 Å². The largest absolute Gasteiger partial charge is 0.477 e. The average molecular weight is 270 g/mol. The Labute approximate surface area is 117 Å². The summed E-state index contributed by atoms with van der Waals surface area (Å²) in [5.74, 6) is -0.962. The van der Waals surface area contributed by atoms with Gasteiger partial charge in [0.05, 0.1) is 0 Å². The van der Waals surface area contributed by atoms with Crippen LogP contribution < -0.4 is 5.43 Å². The van der Waals surface area contributed by atoms with Crippen LogP contribution in [0.2, 0.25) is 0 Å². The lowest BCUT2D eigenvalue weighted by Crippen LogP contribution is -2.16. The Kier molecular flexibility index (Phi) is 12.6. The van der Waals surface area contributed by atoms with Gasteiger partial charge >= 0.3 is 5.97 Å². The molecule has 0 amide bonds. The van der Waals surface area contributed by atoms with E-state index in [9.17, 15) is 4.79 Å².